The topological polar surface area (TPSA) is 171 Å². The molecule has 2 aliphatic heterocycles. The number of carbonyl (C=O) groups excluding carboxylic acids is 1. The van der Waals surface area contributed by atoms with Gasteiger partial charge in [-0.1, -0.05) is 27.7 Å². The van der Waals surface area contributed by atoms with E-state index in [0.29, 0.717) is 22.9 Å². The molecule has 3 aliphatic rings. The van der Waals surface area contributed by atoms with Gasteiger partial charge in [0.05, 0.1) is 31.3 Å². The highest BCUT2D eigenvalue weighted by Gasteiger charge is 2.46. The molecule has 0 fully saturated rings. The molecule has 2 aromatic rings. The molecular weight excluding hydrogens is 661 g/mol. The number of Topliss-reactive ketones (excluding diaryl/α,β-unsaturated/α-hetero) is 1. The van der Waals surface area contributed by atoms with Gasteiger partial charge in [0.15, 0.2) is 5.78 Å². The van der Waals surface area contributed by atoms with Crippen molar-refractivity contribution in [3.05, 3.63) is 82.4 Å². The number of carbonyl (C=O) groups is 1. The summed E-state index contributed by atoms with van der Waals surface area (Å²) in [4.78, 5) is 17.6. The van der Waals surface area contributed by atoms with Crippen molar-refractivity contribution in [3.63, 3.8) is 0 Å². The van der Waals surface area contributed by atoms with E-state index in [2.05, 4.69) is 0 Å². The smallest absolute Gasteiger partial charge is 0.264 e. The van der Waals surface area contributed by atoms with Crippen molar-refractivity contribution in [1.82, 2.24) is 0 Å². The number of ketones is 1. The standard InChI is InChI=1S/C34H42N2O10S2/c1-33(2)25-17-21(45-5)9-11-27(25)35(13-7-15-47(39,40)41)29(33)19-23-31(37)24(32(23)38)20-30-34(3,4)26-18-22(46-6)10-12-28(26)36(30)14-8-16-48(42,43)44/h9-12,17-20,23,37H,7-8,13-16H2,1-6H3,(H,39,40,41)(H,42,43,44)/b29-19+,30-20+. The van der Waals surface area contributed by atoms with Crippen LogP contribution in [0.25, 0.3) is 0 Å². The minimum Gasteiger partial charge on any atom is -0.510 e. The van der Waals surface area contributed by atoms with Crippen molar-refractivity contribution in [2.75, 3.05) is 48.6 Å². The third-order valence-electron chi connectivity index (χ3n) is 9.49. The first kappa shape index (κ1) is 35.5. The highest BCUT2D eigenvalue weighted by Crippen LogP contribution is 2.52. The molecule has 1 unspecified atom stereocenters. The van der Waals surface area contributed by atoms with Gasteiger partial charge in [-0.05, 0) is 72.5 Å². The number of methoxy groups -OCH3 is 2. The predicted octanol–water partition coefficient (Wildman–Crippen LogP) is 4.93. The Bertz CT molecular complexity index is 1960. The molecule has 0 spiro atoms. The third-order valence-corrected chi connectivity index (χ3v) is 11.1. The molecule has 0 amide bonds. The summed E-state index contributed by atoms with van der Waals surface area (Å²) < 4.78 is 75.5. The number of aliphatic hydroxyl groups excluding tert-OH is 1. The quantitative estimate of drug-likeness (QED) is 0.255. The van der Waals surface area contributed by atoms with Crippen molar-refractivity contribution in [3.8, 4) is 11.5 Å². The molecule has 0 saturated carbocycles. The van der Waals surface area contributed by atoms with E-state index in [-0.39, 0.29) is 43.0 Å². The van der Waals surface area contributed by atoms with Crippen molar-refractivity contribution < 1.29 is 45.3 Å². The van der Waals surface area contributed by atoms with Gasteiger partial charge < -0.3 is 24.4 Å². The number of rotatable bonds is 12. The van der Waals surface area contributed by atoms with Gasteiger partial charge in [0, 0.05) is 46.7 Å². The van der Waals surface area contributed by atoms with Gasteiger partial charge in [0.1, 0.15) is 23.2 Å². The molecule has 1 atom stereocenters. The summed E-state index contributed by atoms with van der Waals surface area (Å²) in [6.07, 6.45) is 3.61. The Hall–Kier alpha value is -3.85. The average Bonchev–Trinajstić information content (AvgIpc) is 3.34. The first-order valence-corrected chi connectivity index (χ1v) is 18.8. The monoisotopic (exact) mass is 702 g/mol. The number of anilines is 2. The Labute approximate surface area is 281 Å². The van der Waals surface area contributed by atoms with Crippen molar-refractivity contribution >= 4 is 37.4 Å². The molecule has 2 heterocycles. The van der Waals surface area contributed by atoms with Gasteiger partial charge in [-0.15, -0.1) is 0 Å². The lowest BCUT2D eigenvalue weighted by Gasteiger charge is -2.32. The fourth-order valence-electron chi connectivity index (χ4n) is 6.92. The number of allylic oxidation sites excluding steroid dienone is 5. The lowest BCUT2D eigenvalue weighted by Crippen LogP contribution is -2.35. The molecule has 0 bridgehead atoms. The first-order chi connectivity index (χ1) is 22.3. The third kappa shape index (κ3) is 6.58. The second-order valence-electron chi connectivity index (χ2n) is 13.3. The lowest BCUT2D eigenvalue weighted by molar-refractivity contribution is -0.120. The Morgan fingerprint density at radius 1 is 0.771 bits per heavy atom. The van der Waals surface area contributed by atoms with Gasteiger partial charge in [0.2, 0.25) is 0 Å². The van der Waals surface area contributed by atoms with E-state index in [4.69, 9.17) is 9.47 Å². The zero-order valence-electron chi connectivity index (χ0n) is 27.8. The molecule has 5 rings (SSSR count). The zero-order chi connectivity index (χ0) is 35.4. The summed E-state index contributed by atoms with van der Waals surface area (Å²) in [5.41, 5.74) is 3.61. The molecular formula is C34H42N2O10S2. The van der Waals surface area contributed by atoms with Crippen LogP contribution in [0.5, 0.6) is 11.5 Å². The molecule has 2 aromatic carbocycles. The van der Waals surface area contributed by atoms with Crippen LogP contribution in [0.15, 0.2) is 71.3 Å². The van der Waals surface area contributed by atoms with Gasteiger partial charge in [-0.3, -0.25) is 13.9 Å². The minimum absolute atomic E-state index is 0.121. The molecule has 3 N–H and O–H groups in total. The Morgan fingerprint density at radius 3 is 1.62 bits per heavy atom. The SMILES string of the molecule is COc1ccc2c(c1)C(C)(C)/C(=C\C1=C(O)C(/C=C3/N(CCCS(=O)(=O)O)c4ccc(OC)cc4C3(C)C)C1=O)N2CCCS(=O)(=O)O. The van der Waals surface area contributed by atoms with Crippen molar-refractivity contribution in [1.29, 1.82) is 0 Å². The van der Waals surface area contributed by atoms with E-state index in [1.807, 2.05) is 61.8 Å². The van der Waals surface area contributed by atoms with E-state index < -0.39 is 48.5 Å². The van der Waals surface area contributed by atoms with E-state index in [0.717, 1.165) is 22.5 Å². The fourth-order valence-corrected chi connectivity index (χ4v) is 7.90. The molecule has 48 heavy (non-hydrogen) atoms. The molecule has 0 radical (unpaired) electrons. The number of nitrogens with zero attached hydrogens (tertiary/aromatic N) is 2. The molecule has 12 nitrogen and oxygen atoms in total. The Balaban J connectivity index is 1.53. The largest absolute Gasteiger partial charge is 0.510 e. The number of fused-ring (bicyclic) bond motifs is 2. The normalized spacial score (nSPS) is 21.5. The summed E-state index contributed by atoms with van der Waals surface area (Å²) in [6.45, 7) is 8.37. The summed E-state index contributed by atoms with van der Waals surface area (Å²) in [5.74, 6) is -0.980. The Morgan fingerprint density at radius 2 is 1.21 bits per heavy atom. The van der Waals surface area contributed by atoms with E-state index in [9.17, 15) is 35.8 Å². The van der Waals surface area contributed by atoms with Crippen molar-refractivity contribution in [2.45, 2.75) is 51.4 Å². The highest BCUT2D eigenvalue weighted by molar-refractivity contribution is 7.86. The summed E-state index contributed by atoms with van der Waals surface area (Å²) in [5, 5.41) is 11.4. The van der Waals surface area contributed by atoms with Crippen LogP contribution in [0.2, 0.25) is 0 Å². The number of hydrogen-bond donors (Lipinski definition) is 3. The summed E-state index contributed by atoms with van der Waals surface area (Å²) in [7, 11) is -5.24. The number of hydrogen-bond acceptors (Lipinski definition) is 10. The lowest BCUT2D eigenvalue weighted by atomic mass is 9.76. The zero-order valence-corrected chi connectivity index (χ0v) is 29.5. The van der Waals surface area contributed by atoms with Gasteiger partial charge in [0.25, 0.3) is 20.2 Å². The van der Waals surface area contributed by atoms with Crippen LogP contribution in [0, 0.1) is 5.92 Å². The molecule has 0 saturated heterocycles. The maximum Gasteiger partial charge on any atom is 0.264 e. The van der Waals surface area contributed by atoms with Crippen LogP contribution >= 0.6 is 0 Å². The second kappa shape index (κ2) is 12.6. The van der Waals surface area contributed by atoms with Crippen LogP contribution in [0.1, 0.15) is 51.7 Å². The second-order valence-corrected chi connectivity index (χ2v) is 16.5. The van der Waals surface area contributed by atoms with Gasteiger partial charge in [-0.25, -0.2) is 0 Å². The molecule has 0 aromatic heterocycles. The van der Waals surface area contributed by atoms with Crippen LogP contribution in [0.3, 0.4) is 0 Å². The van der Waals surface area contributed by atoms with Crippen molar-refractivity contribution in [2.24, 2.45) is 5.92 Å². The fraction of sp³-hybridized carbons (Fsp3) is 0.441. The maximum atomic E-state index is 13.8. The van der Waals surface area contributed by atoms with Crippen LogP contribution in [-0.4, -0.2) is 75.6 Å². The van der Waals surface area contributed by atoms with Gasteiger partial charge >= 0.3 is 0 Å². The molecule has 1 aliphatic carbocycles. The van der Waals surface area contributed by atoms with Crippen LogP contribution < -0.4 is 19.3 Å². The molecule has 260 valence electrons. The van der Waals surface area contributed by atoms with E-state index >= 15 is 0 Å². The number of ether oxygens (including phenoxy) is 2. The molecule has 14 heteroatoms. The number of aliphatic hydroxyl groups is 1. The minimum atomic E-state index is -4.18. The average molecular weight is 703 g/mol. The predicted molar refractivity (Wildman–Crippen MR) is 183 cm³/mol. The van der Waals surface area contributed by atoms with Crippen LogP contribution in [0.4, 0.5) is 11.4 Å². The summed E-state index contributed by atoms with van der Waals surface area (Å²) >= 11 is 0. The maximum absolute atomic E-state index is 13.8. The van der Waals surface area contributed by atoms with Gasteiger partial charge in [-0.2, -0.15) is 16.8 Å². The van der Waals surface area contributed by atoms with Crippen LogP contribution in [-0.2, 0) is 35.9 Å². The highest BCUT2D eigenvalue weighted by atomic mass is 32.2. The number of benzene rings is 2. The van der Waals surface area contributed by atoms with E-state index in [1.165, 1.54) is 0 Å². The Kier molecular flexibility index (Phi) is 9.27. The first-order valence-electron chi connectivity index (χ1n) is 15.5. The van der Waals surface area contributed by atoms with E-state index in [1.54, 1.807) is 38.5 Å². The summed E-state index contributed by atoms with van der Waals surface area (Å²) in [6, 6.07) is 11.1.